The third kappa shape index (κ3) is 1.96. The van der Waals surface area contributed by atoms with Gasteiger partial charge >= 0.3 is 0 Å². The average molecular weight is 200 g/mol. The topological polar surface area (TPSA) is 35.0 Å². The molecule has 0 saturated heterocycles. The van der Waals surface area contributed by atoms with Crippen molar-refractivity contribution in [1.29, 1.82) is 0 Å². The number of hydrogen-bond acceptors (Lipinski definition) is 3. The maximum atomic E-state index is 5.06. The molecule has 2 aromatic rings. The Morgan fingerprint density at radius 2 is 1.93 bits per heavy atom. The summed E-state index contributed by atoms with van der Waals surface area (Å²) in [6, 6.07) is 5.86. The predicted octanol–water partition coefficient (Wildman–Crippen LogP) is 2.46. The summed E-state index contributed by atoms with van der Waals surface area (Å²) in [4.78, 5) is 8.18. The Morgan fingerprint density at radius 3 is 2.53 bits per heavy atom. The summed E-state index contributed by atoms with van der Waals surface area (Å²) < 4.78 is 5.06. The molecule has 0 atom stereocenters. The van der Waals surface area contributed by atoms with E-state index in [1.165, 1.54) is 0 Å². The van der Waals surface area contributed by atoms with Gasteiger partial charge in [0, 0.05) is 30.2 Å². The molecule has 0 radical (unpaired) electrons. The van der Waals surface area contributed by atoms with E-state index in [2.05, 4.69) is 9.97 Å². The second-order valence-electron chi connectivity index (χ2n) is 3.28. The van der Waals surface area contributed by atoms with E-state index in [1.807, 2.05) is 31.3 Å². The van der Waals surface area contributed by atoms with Gasteiger partial charge in [0.1, 0.15) is 0 Å². The van der Waals surface area contributed by atoms with Crippen LogP contribution in [-0.2, 0) is 0 Å². The third-order valence-electron chi connectivity index (χ3n) is 2.29. The first-order chi connectivity index (χ1) is 7.31. The minimum atomic E-state index is 0.644. The van der Waals surface area contributed by atoms with Gasteiger partial charge in [-0.3, -0.25) is 4.98 Å². The van der Waals surface area contributed by atoms with Crippen LogP contribution in [0.3, 0.4) is 0 Å². The molecule has 0 bridgehead atoms. The van der Waals surface area contributed by atoms with E-state index >= 15 is 0 Å². The van der Waals surface area contributed by atoms with Crippen LogP contribution >= 0.6 is 0 Å². The van der Waals surface area contributed by atoms with Gasteiger partial charge in [0.2, 0.25) is 5.88 Å². The molecule has 15 heavy (non-hydrogen) atoms. The molecule has 0 aromatic carbocycles. The number of pyridine rings is 2. The van der Waals surface area contributed by atoms with Crippen molar-refractivity contribution in [1.82, 2.24) is 9.97 Å². The summed E-state index contributed by atoms with van der Waals surface area (Å²) in [5.74, 6) is 0.644. The molecular formula is C12H12N2O. The molecule has 0 N–H and O–H groups in total. The molecule has 0 amide bonds. The van der Waals surface area contributed by atoms with Gasteiger partial charge < -0.3 is 4.74 Å². The van der Waals surface area contributed by atoms with Crippen molar-refractivity contribution in [2.45, 2.75) is 6.92 Å². The average Bonchev–Trinajstić information content (AvgIpc) is 2.30. The standard InChI is InChI=1S/C12H12N2O/c1-9-7-12(15-2)14-8-11(9)10-3-5-13-6-4-10/h3-8H,1-2H3. The molecule has 3 heteroatoms. The molecule has 0 aliphatic rings. The fourth-order valence-electron chi connectivity index (χ4n) is 1.48. The van der Waals surface area contributed by atoms with Crippen LogP contribution in [0.4, 0.5) is 0 Å². The molecule has 0 unspecified atom stereocenters. The van der Waals surface area contributed by atoms with E-state index in [-0.39, 0.29) is 0 Å². The lowest BCUT2D eigenvalue weighted by molar-refractivity contribution is 0.397. The van der Waals surface area contributed by atoms with Crippen molar-refractivity contribution in [3.05, 3.63) is 42.4 Å². The fourth-order valence-corrected chi connectivity index (χ4v) is 1.48. The minimum absolute atomic E-state index is 0.644. The van der Waals surface area contributed by atoms with Crippen LogP contribution in [-0.4, -0.2) is 17.1 Å². The molecule has 2 rings (SSSR count). The van der Waals surface area contributed by atoms with E-state index < -0.39 is 0 Å². The van der Waals surface area contributed by atoms with Gasteiger partial charge in [-0.15, -0.1) is 0 Å². The summed E-state index contributed by atoms with van der Waals surface area (Å²) in [6.45, 7) is 2.04. The number of ether oxygens (including phenoxy) is 1. The lowest BCUT2D eigenvalue weighted by Gasteiger charge is -2.06. The second-order valence-corrected chi connectivity index (χ2v) is 3.28. The lowest BCUT2D eigenvalue weighted by Crippen LogP contribution is -1.90. The highest BCUT2D eigenvalue weighted by Gasteiger charge is 2.03. The molecule has 0 fully saturated rings. The monoisotopic (exact) mass is 200 g/mol. The van der Waals surface area contributed by atoms with Crippen molar-refractivity contribution in [2.24, 2.45) is 0 Å². The molecule has 2 aromatic heterocycles. The Bertz CT molecular complexity index is 454. The molecule has 0 spiro atoms. The van der Waals surface area contributed by atoms with Gasteiger partial charge in [-0.05, 0) is 30.2 Å². The van der Waals surface area contributed by atoms with Gasteiger partial charge in [-0.2, -0.15) is 0 Å². The second kappa shape index (κ2) is 4.09. The summed E-state index contributed by atoms with van der Waals surface area (Å²) in [6.07, 6.45) is 5.38. The van der Waals surface area contributed by atoms with Crippen LogP contribution in [0.2, 0.25) is 0 Å². The van der Waals surface area contributed by atoms with Crippen molar-refractivity contribution >= 4 is 0 Å². The molecule has 3 nitrogen and oxygen atoms in total. The Hall–Kier alpha value is -1.90. The Morgan fingerprint density at radius 1 is 1.20 bits per heavy atom. The highest BCUT2D eigenvalue weighted by molar-refractivity contribution is 5.65. The Kier molecular flexibility index (Phi) is 2.63. The molecule has 0 aliphatic heterocycles. The summed E-state index contributed by atoms with van der Waals surface area (Å²) in [5.41, 5.74) is 3.38. The van der Waals surface area contributed by atoms with Gasteiger partial charge in [0.05, 0.1) is 7.11 Å². The van der Waals surface area contributed by atoms with Crippen LogP contribution < -0.4 is 4.74 Å². The molecular weight excluding hydrogens is 188 g/mol. The maximum absolute atomic E-state index is 5.06. The molecule has 0 aliphatic carbocycles. The zero-order valence-electron chi connectivity index (χ0n) is 8.77. The smallest absolute Gasteiger partial charge is 0.213 e. The lowest BCUT2D eigenvalue weighted by atomic mass is 10.0. The van der Waals surface area contributed by atoms with E-state index in [0.29, 0.717) is 5.88 Å². The van der Waals surface area contributed by atoms with E-state index in [4.69, 9.17) is 4.74 Å². The van der Waals surface area contributed by atoms with Crippen LogP contribution in [0.15, 0.2) is 36.8 Å². The van der Waals surface area contributed by atoms with Gasteiger partial charge in [0.15, 0.2) is 0 Å². The van der Waals surface area contributed by atoms with Gasteiger partial charge in [-0.1, -0.05) is 0 Å². The minimum Gasteiger partial charge on any atom is -0.481 e. The first-order valence-corrected chi connectivity index (χ1v) is 4.72. The number of nitrogens with zero attached hydrogens (tertiary/aromatic N) is 2. The number of methoxy groups -OCH3 is 1. The van der Waals surface area contributed by atoms with Crippen LogP contribution in [0.25, 0.3) is 11.1 Å². The number of hydrogen-bond donors (Lipinski definition) is 0. The molecule has 0 saturated carbocycles. The Labute approximate surface area is 88.8 Å². The van der Waals surface area contributed by atoms with Crippen molar-refractivity contribution in [3.8, 4) is 17.0 Å². The van der Waals surface area contributed by atoms with E-state index in [9.17, 15) is 0 Å². The quantitative estimate of drug-likeness (QED) is 0.747. The zero-order chi connectivity index (χ0) is 10.7. The van der Waals surface area contributed by atoms with E-state index in [1.54, 1.807) is 19.5 Å². The summed E-state index contributed by atoms with van der Waals surface area (Å²) in [7, 11) is 1.62. The van der Waals surface area contributed by atoms with Crippen LogP contribution in [0.5, 0.6) is 5.88 Å². The SMILES string of the molecule is COc1cc(C)c(-c2ccncc2)cn1. The third-order valence-corrected chi connectivity index (χ3v) is 2.29. The normalized spacial score (nSPS) is 10.0. The van der Waals surface area contributed by atoms with Crippen LogP contribution in [0.1, 0.15) is 5.56 Å². The highest BCUT2D eigenvalue weighted by atomic mass is 16.5. The highest BCUT2D eigenvalue weighted by Crippen LogP contribution is 2.23. The van der Waals surface area contributed by atoms with Crippen molar-refractivity contribution < 1.29 is 4.74 Å². The molecule has 76 valence electrons. The first-order valence-electron chi connectivity index (χ1n) is 4.72. The summed E-state index contributed by atoms with van der Waals surface area (Å²) in [5, 5.41) is 0. The zero-order valence-corrected chi connectivity index (χ0v) is 8.77. The fraction of sp³-hybridized carbons (Fsp3) is 0.167. The number of aromatic nitrogens is 2. The van der Waals surface area contributed by atoms with Gasteiger partial charge in [0.25, 0.3) is 0 Å². The Balaban J connectivity index is 2.46. The summed E-state index contributed by atoms with van der Waals surface area (Å²) >= 11 is 0. The number of rotatable bonds is 2. The van der Waals surface area contributed by atoms with Crippen molar-refractivity contribution in [2.75, 3.05) is 7.11 Å². The predicted molar refractivity (Wildman–Crippen MR) is 58.8 cm³/mol. The maximum Gasteiger partial charge on any atom is 0.213 e. The first kappa shape index (κ1) is 9.65. The van der Waals surface area contributed by atoms with Crippen LogP contribution in [0, 0.1) is 6.92 Å². The number of aryl methyl sites for hydroxylation is 1. The van der Waals surface area contributed by atoms with Gasteiger partial charge in [-0.25, -0.2) is 4.98 Å². The largest absolute Gasteiger partial charge is 0.481 e. The van der Waals surface area contributed by atoms with E-state index in [0.717, 1.165) is 16.7 Å². The molecule has 2 heterocycles. The van der Waals surface area contributed by atoms with Crippen molar-refractivity contribution in [3.63, 3.8) is 0 Å².